The zero-order valence-corrected chi connectivity index (χ0v) is 16.3. The highest BCUT2D eigenvalue weighted by molar-refractivity contribution is 5.94. The molecule has 2 aliphatic heterocycles. The molecule has 0 aliphatic carbocycles. The molecule has 1 amide bonds. The summed E-state index contributed by atoms with van der Waals surface area (Å²) in [7, 11) is 1.58. The lowest BCUT2D eigenvalue weighted by Crippen LogP contribution is -2.43. The van der Waals surface area contributed by atoms with E-state index in [9.17, 15) is 4.79 Å². The Hall–Kier alpha value is -2.70. The van der Waals surface area contributed by atoms with Crippen LogP contribution in [-0.2, 0) is 0 Å². The number of methoxy groups -OCH3 is 1. The number of pyridine rings is 1. The van der Waals surface area contributed by atoms with Gasteiger partial charge in [-0.05, 0) is 43.6 Å². The molecule has 7 heteroatoms. The third-order valence-electron chi connectivity index (χ3n) is 6.10. The lowest BCUT2D eigenvalue weighted by atomic mass is 9.78. The Morgan fingerprint density at radius 1 is 0.964 bits per heavy atom. The van der Waals surface area contributed by atoms with Crippen LogP contribution >= 0.6 is 0 Å². The summed E-state index contributed by atoms with van der Waals surface area (Å²) in [5.74, 6) is 3.04. The highest BCUT2D eigenvalue weighted by Crippen LogP contribution is 2.33. The zero-order valence-electron chi connectivity index (χ0n) is 16.3. The quantitative estimate of drug-likeness (QED) is 0.811. The second kappa shape index (κ2) is 8.54. The molecule has 2 aromatic heterocycles. The van der Waals surface area contributed by atoms with Crippen molar-refractivity contribution in [1.29, 1.82) is 0 Å². The monoisotopic (exact) mass is 381 g/mol. The van der Waals surface area contributed by atoms with Gasteiger partial charge < -0.3 is 14.5 Å². The number of aromatic nitrogens is 3. The minimum Gasteiger partial charge on any atom is -0.481 e. The number of likely N-dealkylation sites (tertiary alicyclic amines) is 1. The smallest absolute Gasteiger partial charge is 0.255 e. The third-order valence-corrected chi connectivity index (χ3v) is 6.10. The molecule has 0 N–H and O–H groups in total. The first-order chi connectivity index (χ1) is 13.7. The molecule has 2 aliphatic rings. The molecule has 4 rings (SSSR count). The molecular weight excluding hydrogens is 354 g/mol. The Morgan fingerprint density at radius 3 is 2.25 bits per heavy atom. The van der Waals surface area contributed by atoms with Gasteiger partial charge in [0.25, 0.3) is 5.91 Å². The normalized spacial score (nSPS) is 18.9. The van der Waals surface area contributed by atoms with Gasteiger partial charge in [-0.15, -0.1) is 0 Å². The molecule has 0 unspecified atom stereocenters. The van der Waals surface area contributed by atoms with Crippen LogP contribution in [0.4, 0.5) is 5.82 Å². The first-order valence-electron chi connectivity index (χ1n) is 10.0. The van der Waals surface area contributed by atoms with Gasteiger partial charge >= 0.3 is 0 Å². The molecule has 2 saturated heterocycles. The second-order valence-electron chi connectivity index (χ2n) is 7.61. The summed E-state index contributed by atoms with van der Waals surface area (Å²) in [5, 5.41) is 0. The number of rotatable bonds is 4. The van der Waals surface area contributed by atoms with Crippen molar-refractivity contribution in [2.75, 3.05) is 38.2 Å². The SMILES string of the molecule is COc1ccc(C(=O)N2CCC(C3CCN(c4cnccn4)CC3)CC2)cn1. The minimum absolute atomic E-state index is 0.0751. The number of carbonyl (C=O) groups excluding carboxylic acids is 1. The van der Waals surface area contributed by atoms with E-state index in [2.05, 4.69) is 19.9 Å². The van der Waals surface area contributed by atoms with E-state index in [0.717, 1.165) is 50.8 Å². The summed E-state index contributed by atoms with van der Waals surface area (Å²) in [4.78, 5) is 29.7. The van der Waals surface area contributed by atoms with Crippen molar-refractivity contribution in [3.63, 3.8) is 0 Å². The number of nitrogens with zero attached hydrogens (tertiary/aromatic N) is 5. The molecule has 2 aromatic rings. The molecule has 0 atom stereocenters. The van der Waals surface area contributed by atoms with E-state index >= 15 is 0 Å². The van der Waals surface area contributed by atoms with E-state index in [1.54, 1.807) is 37.8 Å². The standard InChI is InChI=1S/C21H27N5O2/c1-28-20-3-2-18(14-24-20)21(27)26-12-6-17(7-13-26)16-4-10-25(11-5-16)19-15-22-8-9-23-19/h2-3,8-9,14-17H,4-7,10-13H2,1H3. The average molecular weight is 381 g/mol. The molecule has 0 bridgehead atoms. The van der Waals surface area contributed by atoms with Gasteiger partial charge in [-0.1, -0.05) is 0 Å². The van der Waals surface area contributed by atoms with Crippen LogP contribution in [0, 0.1) is 11.8 Å². The maximum atomic E-state index is 12.7. The largest absolute Gasteiger partial charge is 0.481 e. The van der Waals surface area contributed by atoms with Crippen molar-refractivity contribution in [2.24, 2.45) is 11.8 Å². The Bertz CT molecular complexity index is 767. The van der Waals surface area contributed by atoms with Gasteiger partial charge in [-0.25, -0.2) is 9.97 Å². The van der Waals surface area contributed by atoms with Gasteiger partial charge in [-0.2, -0.15) is 0 Å². The highest BCUT2D eigenvalue weighted by atomic mass is 16.5. The molecular formula is C21H27N5O2. The van der Waals surface area contributed by atoms with E-state index in [-0.39, 0.29) is 5.91 Å². The van der Waals surface area contributed by atoms with Gasteiger partial charge in [-0.3, -0.25) is 9.78 Å². The van der Waals surface area contributed by atoms with Gasteiger partial charge in [0.2, 0.25) is 5.88 Å². The third kappa shape index (κ3) is 4.08. The van der Waals surface area contributed by atoms with Crippen LogP contribution in [0.5, 0.6) is 5.88 Å². The Labute approximate surface area is 165 Å². The predicted molar refractivity (Wildman–Crippen MR) is 106 cm³/mol. The molecule has 2 fully saturated rings. The van der Waals surface area contributed by atoms with Crippen LogP contribution < -0.4 is 9.64 Å². The van der Waals surface area contributed by atoms with E-state index < -0.39 is 0 Å². The van der Waals surface area contributed by atoms with Gasteiger partial charge in [0.1, 0.15) is 5.82 Å². The fraction of sp³-hybridized carbons (Fsp3) is 0.524. The first kappa shape index (κ1) is 18.7. The van der Waals surface area contributed by atoms with Gasteiger partial charge in [0, 0.05) is 50.8 Å². The minimum atomic E-state index is 0.0751. The van der Waals surface area contributed by atoms with Gasteiger partial charge in [0.05, 0.1) is 18.9 Å². The zero-order chi connectivity index (χ0) is 19.3. The number of carbonyl (C=O) groups is 1. The average Bonchev–Trinajstić information content (AvgIpc) is 2.79. The molecule has 0 spiro atoms. The first-order valence-corrected chi connectivity index (χ1v) is 10.0. The molecule has 0 saturated carbocycles. The summed E-state index contributed by atoms with van der Waals surface area (Å²) < 4.78 is 5.06. The Morgan fingerprint density at radius 2 is 1.68 bits per heavy atom. The molecule has 148 valence electrons. The molecule has 28 heavy (non-hydrogen) atoms. The maximum absolute atomic E-state index is 12.7. The number of ether oxygens (including phenoxy) is 1. The fourth-order valence-corrected chi connectivity index (χ4v) is 4.44. The van der Waals surface area contributed by atoms with Crippen LogP contribution in [0.15, 0.2) is 36.9 Å². The van der Waals surface area contributed by atoms with Crippen LogP contribution in [0.3, 0.4) is 0 Å². The molecule has 0 aromatic carbocycles. The molecule has 4 heterocycles. The second-order valence-corrected chi connectivity index (χ2v) is 7.61. The van der Waals surface area contributed by atoms with Crippen molar-refractivity contribution in [3.05, 3.63) is 42.5 Å². The fourth-order valence-electron chi connectivity index (χ4n) is 4.44. The summed E-state index contributed by atoms with van der Waals surface area (Å²) in [6, 6.07) is 3.54. The number of hydrogen-bond donors (Lipinski definition) is 0. The summed E-state index contributed by atoms with van der Waals surface area (Å²) in [5.41, 5.74) is 0.636. The van der Waals surface area contributed by atoms with Crippen molar-refractivity contribution in [3.8, 4) is 5.88 Å². The Balaban J connectivity index is 1.27. The van der Waals surface area contributed by atoms with E-state index in [1.807, 2.05) is 11.1 Å². The lowest BCUT2D eigenvalue weighted by Gasteiger charge is -2.40. The van der Waals surface area contributed by atoms with Crippen LogP contribution in [0.25, 0.3) is 0 Å². The van der Waals surface area contributed by atoms with Crippen LogP contribution in [0.2, 0.25) is 0 Å². The van der Waals surface area contributed by atoms with Crippen molar-refractivity contribution >= 4 is 11.7 Å². The molecule has 0 radical (unpaired) electrons. The summed E-state index contributed by atoms with van der Waals surface area (Å²) >= 11 is 0. The number of amides is 1. The van der Waals surface area contributed by atoms with E-state index in [0.29, 0.717) is 17.4 Å². The maximum Gasteiger partial charge on any atom is 0.255 e. The van der Waals surface area contributed by atoms with Crippen molar-refractivity contribution in [1.82, 2.24) is 19.9 Å². The van der Waals surface area contributed by atoms with Crippen LogP contribution in [-0.4, -0.2) is 59.0 Å². The number of piperidine rings is 2. The predicted octanol–water partition coefficient (Wildman–Crippen LogP) is 2.65. The summed E-state index contributed by atoms with van der Waals surface area (Å²) in [6.45, 7) is 3.75. The van der Waals surface area contributed by atoms with Crippen molar-refractivity contribution in [2.45, 2.75) is 25.7 Å². The number of anilines is 1. The summed E-state index contributed by atoms with van der Waals surface area (Å²) in [6.07, 6.45) is 11.5. The Kier molecular flexibility index (Phi) is 5.69. The number of hydrogen-bond acceptors (Lipinski definition) is 6. The van der Waals surface area contributed by atoms with E-state index in [4.69, 9.17) is 4.74 Å². The lowest BCUT2D eigenvalue weighted by molar-refractivity contribution is 0.0645. The topological polar surface area (TPSA) is 71.5 Å². The van der Waals surface area contributed by atoms with Crippen LogP contribution in [0.1, 0.15) is 36.0 Å². The van der Waals surface area contributed by atoms with Gasteiger partial charge in [0.15, 0.2) is 0 Å². The van der Waals surface area contributed by atoms with E-state index in [1.165, 1.54) is 12.8 Å². The molecule has 7 nitrogen and oxygen atoms in total. The van der Waals surface area contributed by atoms with Crippen molar-refractivity contribution < 1.29 is 9.53 Å². The highest BCUT2D eigenvalue weighted by Gasteiger charge is 2.31.